The molecule has 0 saturated carbocycles. The van der Waals surface area contributed by atoms with Crippen LogP contribution in [-0.2, 0) is 9.59 Å². The molecule has 118 valence electrons. The van der Waals surface area contributed by atoms with Crippen LogP contribution < -0.4 is 0 Å². The maximum absolute atomic E-state index is 12.0. The number of ketones is 2. The topological polar surface area (TPSA) is 115 Å². The molecule has 2 aromatic rings. The van der Waals surface area contributed by atoms with Crippen molar-refractivity contribution in [3.05, 3.63) is 75.8 Å². The Kier molecular flexibility index (Phi) is 6.30. The molecule has 0 saturated heterocycles. The van der Waals surface area contributed by atoms with Gasteiger partial charge in [-0.1, -0.05) is 30.3 Å². The van der Waals surface area contributed by atoms with Crippen molar-refractivity contribution in [3.63, 3.8) is 0 Å². The number of carbonyl (C=O) groups excluding carboxylic acids is 2. The van der Waals surface area contributed by atoms with E-state index in [1.165, 1.54) is 24.3 Å². The monoisotopic (exact) mass is 315 g/mol. The van der Waals surface area contributed by atoms with Gasteiger partial charge in [-0.25, -0.2) is 4.79 Å². The van der Waals surface area contributed by atoms with E-state index in [9.17, 15) is 24.5 Å². The number of nitrogens with zero attached hydrogens (tertiary/aromatic N) is 1. The Labute approximate surface area is 131 Å². The van der Waals surface area contributed by atoms with E-state index in [1.807, 2.05) is 6.07 Å². The number of hydrogen-bond acceptors (Lipinski definition) is 5. The quantitative estimate of drug-likeness (QED) is 0.401. The van der Waals surface area contributed by atoms with Crippen LogP contribution in [0.2, 0.25) is 0 Å². The van der Waals surface area contributed by atoms with Crippen molar-refractivity contribution in [1.29, 1.82) is 0 Å². The highest BCUT2D eigenvalue weighted by Crippen LogP contribution is 2.15. The van der Waals surface area contributed by atoms with E-state index >= 15 is 0 Å². The molecule has 0 aliphatic heterocycles. The van der Waals surface area contributed by atoms with Crippen LogP contribution in [0.3, 0.4) is 0 Å². The predicted molar refractivity (Wildman–Crippen MR) is 81.3 cm³/mol. The Bertz CT molecular complexity index is 710. The van der Waals surface area contributed by atoms with Crippen LogP contribution in [0.15, 0.2) is 54.6 Å². The number of aliphatic carboxylic acids is 1. The van der Waals surface area contributed by atoms with Gasteiger partial charge in [0, 0.05) is 30.2 Å². The first-order valence-electron chi connectivity index (χ1n) is 6.41. The van der Waals surface area contributed by atoms with E-state index in [0.29, 0.717) is 11.1 Å². The summed E-state index contributed by atoms with van der Waals surface area (Å²) in [6.07, 6.45) is 0. The molecule has 0 spiro atoms. The first kappa shape index (κ1) is 17.7. The Morgan fingerprint density at radius 3 is 1.74 bits per heavy atom. The lowest BCUT2D eigenvalue weighted by molar-refractivity contribution is -0.384. The molecule has 7 heteroatoms. The molecule has 2 aromatic carbocycles. The van der Waals surface area contributed by atoms with Gasteiger partial charge in [0.1, 0.15) is 0 Å². The lowest BCUT2D eigenvalue weighted by atomic mass is 10.0. The lowest BCUT2D eigenvalue weighted by Crippen LogP contribution is -2.05. The molecule has 0 aliphatic rings. The molecule has 0 atom stereocenters. The summed E-state index contributed by atoms with van der Waals surface area (Å²) in [6, 6.07) is 14.4. The second-order valence-electron chi connectivity index (χ2n) is 4.36. The average molecular weight is 315 g/mol. The van der Waals surface area contributed by atoms with Crippen molar-refractivity contribution in [2.24, 2.45) is 0 Å². The second kappa shape index (κ2) is 8.18. The number of nitro groups is 1. The fourth-order valence-corrected chi connectivity index (χ4v) is 1.49. The summed E-state index contributed by atoms with van der Waals surface area (Å²) in [7, 11) is 0. The predicted octanol–water partition coefficient (Wildman–Crippen LogP) is 2.49. The molecular weight excluding hydrogens is 302 g/mol. The van der Waals surface area contributed by atoms with Crippen LogP contribution in [0.1, 0.15) is 22.8 Å². The number of carboxylic acids is 1. The molecule has 0 amide bonds. The number of hydrogen-bond donors (Lipinski definition) is 1. The molecule has 0 aliphatic carbocycles. The van der Waals surface area contributed by atoms with E-state index in [1.54, 1.807) is 24.3 Å². The zero-order valence-electron chi connectivity index (χ0n) is 12.1. The largest absolute Gasteiger partial charge is 0.476 e. The van der Waals surface area contributed by atoms with Crippen LogP contribution in [0.5, 0.6) is 0 Å². The summed E-state index contributed by atoms with van der Waals surface area (Å²) >= 11 is 0. The summed E-state index contributed by atoms with van der Waals surface area (Å²) in [4.78, 5) is 40.8. The minimum Gasteiger partial charge on any atom is -0.476 e. The Morgan fingerprint density at radius 2 is 1.35 bits per heavy atom. The highest BCUT2D eigenvalue weighted by Gasteiger charge is 2.10. The van der Waals surface area contributed by atoms with E-state index in [0.717, 1.165) is 6.92 Å². The Hall–Kier alpha value is -3.35. The number of non-ortho nitro benzene ring substituents is 1. The van der Waals surface area contributed by atoms with Gasteiger partial charge < -0.3 is 5.11 Å². The molecule has 2 rings (SSSR count). The van der Waals surface area contributed by atoms with Gasteiger partial charge >= 0.3 is 5.97 Å². The highest BCUT2D eigenvalue weighted by molar-refractivity contribution is 6.31. The number of carbonyl (C=O) groups is 3. The Morgan fingerprint density at radius 1 is 0.913 bits per heavy atom. The molecule has 7 nitrogen and oxygen atoms in total. The third kappa shape index (κ3) is 5.50. The third-order valence-electron chi connectivity index (χ3n) is 2.68. The summed E-state index contributed by atoms with van der Waals surface area (Å²) in [6.45, 7) is 1.00. The SMILES string of the molecule is CC(=O)C(=O)O.O=C(c1ccccc1)c1ccc([N+](=O)[O-])cc1. The van der Waals surface area contributed by atoms with E-state index in [2.05, 4.69) is 0 Å². The zero-order chi connectivity index (χ0) is 17.4. The first-order chi connectivity index (χ1) is 10.8. The first-order valence-corrected chi connectivity index (χ1v) is 6.41. The highest BCUT2D eigenvalue weighted by atomic mass is 16.6. The van der Waals surface area contributed by atoms with Gasteiger partial charge in [-0.15, -0.1) is 0 Å². The van der Waals surface area contributed by atoms with Crippen molar-refractivity contribution in [2.75, 3.05) is 0 Å². The van der Waals surface area contributed by atoms with Crippen LogP contribution >= 0.6 is 0 Å². The second-order valence-corrected chi connectivity index (χ2v) is 4.36. The minimum atomic E-state index is -1.38. The van der Waals surface area contributed by atoms with Gasteiger partial charge in [0.25, 0.3) is 5.69 Å². The Balaban J connectivity index is 0.000000379. The standard InChI is InChI=1S/C13H9NO3.C3H4O3/c15-13(10-4-2-1-3-5-10)11-6-8-12(9-7-11)14(16)17;1-2(4)3(5)6/h1-9H;1H3,(H,5,6). The van der Waals surface area contributed by atoms with Crippen molar-refractivity contribution >= 4 is 23.2 Å². The smallest absolute Gasteiger partial charge is 0.371 e. The molecule has 0 radical (unpaired) electrons. The van der Waals surface area contributed by atoms with Crippen molar-refractivity contribution in [1.82, 2.24) is 0 Å². The number of carboxylic acid groups (broad SMARTS) is 1. The number of nitro benzene ring substituents is 1. The molecule has 0 bridgehead atoms. The number of benzene rings is 2. The number of Topliss-reactive ketones (excluding diaryl/α,β-unsaturated/α-hetero) is 1. The summed E-state index contributed by atoms with van der Waals surface area (Å²) in [5.41, 5.74) is 0.998. The third-order valence-corrected chi connectivity index (χ3v) is 2.68. The van der Waals surface area contributed by atoms with Gasteiger partial charge in [0.05, 0.1) is 4.92 Å². The van der Waals surface area contributed by atoms with E-state index < -0.39 is 16.7 Å². The minimum absolute atomic E-state index is 0.0189. The van der Waals surface area contributed by atoms with Gasteiger partial charge in [-0.3, -0.25) is 19.7 Å². The maximum atomic E-state index is 12.0. The van der Waals surface area contributed by atoms with Gasteiger partial charge in [-0.05, 0) is 12.1 Å². The van der Waals surface area contributed by atoms with Crippen LogP contribution in [0.4, 0.5) is 5.69 Å². The van der Waals surface area contributed by atoms with E-state index in [-0.39, 0.29) is 11.5 Å². The van der Waals surface area contributed by atoms with Crippen LogP contribution in [0.25, 0.3) is 0 Å². The summed E-state index contributed by atoms with van der Waals surface area (Å²) in [5, 5.41) is 18.1. The molecule has 0 aromatic heterocycles. The van der Waals surface area contributed by atoms with Gasteiger partial charge in [-0.2, -0.15) is 0 Å². The lowest BCUT2D eigenvalue weighted by Gasteiger charge is -2.00. The molecule has 0 unspecified atom stereocenters. The van der Waals surface area contributed by atoms with Crippen molar-refractivity contribution in [3.8, 4) is 0 Å². The molecule has 1 N–H and O–H groups in total. The van der Waals surface area contributed by atoms with Crippen LogP contribution in [0, 0.1) is 10.1 Å². The van der Waals surface area contributed by atoms with Crippen molar-refractivity contribution < 1.29 is 24.4 Å². The number of rotatable bonds is 4. The molecule has 23 heavy (non-hydrogen) atoms. The molecule has 0 fully saturated rings. The molecule has 0 heterocycles. The van der Waals surface area contributed by atoms with Crippen LogP contribution in [-0.4, -0.2) is 27.6 Å². The fourth-order valence-electron chi connectivity index (χ4n) is 1.49. The van der Waals surface area contributed by atoms with E-state index in [4.69, 9.17) is 5.11 Å². The molecular formula is C16H13NO6. The normalized spacial score (nSPS) is 9.26. The van der Waals surface area contributed by atoms with Gasteiger partial charge in [0.15, 0.2) is 5.78 Å². The van der Waals surface area contributed by atoms with Crippen molar-refractivity contribution in [2.45, 2.75) is 6.92 Å². The zero-order valence-corrected chi connectivity index (χ0v) is 12.1. The summed E-state index contributed by atoms with van der Waals surface area (Å²) in [5.74, 6) is -2.34. The average Bonchev–Trinajstić information content (AvgIpc) is 2.55. The van der Waals surface area contributed by atoms with Gasteiger partial charge in [0.2, 0.25) is 5.78 Å². The maximum Gasteiger partial charge on any atom is 0.371 e. The summed E-state index contributed by atoms with van der Waals surface area (Å²) < 4.78 is 0. The fraction of sp³-hybridized carbons (Fsp3) is 0.0625.